The lowest BCUT2D eigenvalue weighted by atomic mass is 9.98. The van der Waals surface area contributed by atoms with E-state index in [2.05, 4.69) is 52.5 Å². The molecule has 0 radical (unpaired) electrons. The Hall–Kier alpha value is -9.35. The van der Waals surface area contributed by atoms with E-state index in [1.165, 1.54) is 24.3 Å². The maximum Gasteiger partial charge on any atom is 0.326 e. The minimum Gasteiger partial charge on any atom is -0.508 e. The topological polar surface area (TPSA) is 514 Å². The average Bonchev–Trinajstić information content (AvgIpc) is 4.07. The summed E-state index contributed by atoms with van der Waals surface area (Å²) in [6, 6.07) is -2.26. The zero-order chi connectivity index (χ0) is 63.8. The first-order chi connectivity index (χ1) is 39.9. The van der Waals surface area contributed by atoms with Gasteiger partial charge in [0.1, 0.15) is 54.1 Å². The third-order valence-corrected chi connectivity index (χ3v) is 13.2. The number of nitrogens with one attached hydrogen (secondary N) is 9. The van der Waals surface area contributed by atoms with Crippen LogP contribution in [-0.4, -0.2) is 163 Å². The van der Waals surface area contributed by atoms with Gasteiger partial charge < -0.3 is 90.9 Å². The van der Waals surface area contributed by atoms with Gasteiger partial charge in [0, 0.05) is 42.9 Å². The number of rotatable bonds is 36. The Kier molecular flexibility index (Phi) is 27.7. The SMILES string of the molecule is CC(C)C[C@H](NC(=O)[C@@H](N)C(C)C)C(=O)N[C@@H](CCC(N)=O)C(=O)N[C@H](C(=O)N[C@@H](Cc1c[nH]c2ccccc12)C(=O)N[C@@H](CC(=O)O)C(=O)N[C@@H](Cc1ccc(O)cc1)C(=O)N[C@@H](CC(=O)O)C(=O)N[C@@H](CCCN=C(N)N)C(=O)O)C(C)C. The quantitative estimate of drug-likeness (QED) is 0.0164. The first kappa shape index (κ1) is 69.9. The molecule has 9 atom stereocenters. The van der Waals surface area contributed by atoms with E-state index < -0.39 is 157 Å². The molecule has 21 N–H and O–H groups in total. The fraction of sp³-hybridized carbons (Fsp3) is 0.509. The normalized spacial score (nSPS) is 14.4. The molecule has 1 heterocycles. The van der Waals surface area contributed by atoms with Crippen LogP contribution in [0.5, 0.6) is 5.75 Å². The highest BCUT2D eigenvalue weighted by Crippen LogP contribution is 2.20. The smallest absolute Gasteiger partial charge is 0.326 e. The number of aromatic hydroxyl groups is 1. The molecular formula is C55H80N14O16. The number of phenolic OH excluding ortho intramolecular Hbond substituents is 1. The summed E-state index contributed by atoms with van der Waals surface area (Å²) >= 11 is 0. The van der Waals surface area contributed by atoms with E-state index >= 15 is 0 Å². The van der Waals surface area contributed by atoms with Gasteiger partial charge in [0.05, 0.1) is 18.9 Å². The van der Waals surface area contributed by atoms with Crippen LogP contribution in [0, 0.1) is 17.8 Å². The predicted octanol–water partition coefficient (Wildman–Crippen LogP) is -2.42. The lowest BCUT2D eigenvalue weighted by molar-refractivity contribution is -0.144. The number of carboxylic acids is 3. The first-order valence-corrected chi connectivity index (χ1v) is 27.4. The third-order valence-electron chi connectivity index (χ3n) is 13.2. The molecule has 3 aromatic rings. The van der Waals surface area contributed by atoms with Gasteiger partial charge in [-0.3, -0.25) is 57.7 Å². The maximum atomic E-state index is 14.7. The molecule has 0 aliphatic rings. The molecule has 85 heavy (non-hydrogen) atoms. The number of carbonyl (C=O) groups is 12. The van der Waals surface area contributed by atoms with Crippen LogP contribution >= 0.6 is 0 Å². The molecule has 0 fully saturated rings. The molecule has 30 nitrogen and oxygen atoms in total. The first-order valence-electron chi connectivity index (χ1n) is 27.4. The summed E-state index contributed by atoms with van der Waals surface area (Å²) in [6.07, 6.45) is -2.31. The number of hydrogen-bond donors (Lipinski definition) is 17. The lowest BCUT2D eigenvalue weighted by Gasteiger charge is -2.29. The van der Waals surface area contributed by atoms with Crippen LogP contribution < -0.4 is 65.5 Å². The van der Waals surface area contributed by atoms with Crippen molar-refractivity contribution in [2.45, 2.75) is 154 Å². The van der Waals surface area contributed by atoms with Crippen molar-refractivity contribution < 1.29 is 78.0 Å². The fourth-order valence-corrected chi connectivity index (χ4v) is 8.58. The molecule has 0 spiro atoms. The maximum absolute atomic E-state index is 14.7. The third kappa shape index (κ3) is 23.8. The van der Waals surface area contributed by atoms with Crippen molar-refractivity contribution in [3.8, 4) is 5.75 Å². The Labute approximate surface area is 489 Å². The Morgan fingerprint density at radius 2 is 1.02 bits per heavy atom. The lowest BCUT2D eigenvalue weighted by Crippen LogP contribution is -2.61. The minimum atomic E-state index is -2.04. The standard InChI is InChI=1S/C55H80N14O16/c1-26(2)20-36(67-52(82)44(57)27(3)4)47(77)62-34(17-18-41(56)71)46(76)69-45(28(5)6)53(83)68-38(22-30-25-61-33-11-8-7-10-32(30)33)49(79)66-40(24-43(74)75)51(81)64-37(21-29-13-15-31(70)16-14-29)48(78)65-39(23-42(72)73)50(80)63-35(54(84)85)12-9-19-60-55(58)59/h7-8,10-11,13-16,25-28,34-40,44-45,61,70H,9,12,17-24,57H2,1-6H3,(H2,56,71)(H,62,77)(H,63,80)(H,64,81)(H,65,78)(H,66,79)(H,67,82)(H,68,83)(H,69,76)(H,72,73)(H,74,75)(H,84,85)(H4,58,59,60)/t34-,35-,36-,37-,38-,39-,40-,44-,45-/m0/s1. The van der Waals surface area contributed by atoms with Crippen molar-refractivity contribution in [1.29, 1.82) is 0 Å². The zero-order valence-electron chi connectivity index (χ0n) is 48.1. The van der Waals surface area contributed by atoms with Crippen LogP contribution in [0.15, 0.2) is 59.7 Å². The number of aromatic nitrogens is 1. The van der Waals surface area contributed by atoms with E-state index in [4.69, 9.17) is 22.9 Å². The van der Waals surface area contributed by atoms with Crippen LogP contribution in [0.2, 0.25) is 0 Å². The highest BCUT2D eigenvalue weighted by Gasteiger charge is 2.37. The number of H-pyrrole nitrogens is 1. The van der Waals surface area contributed by atoms with Crippen LogP contribution in [0.1, 0.15) is 97.6 Å². The van der Waals surface area contributed by atoms with E-state index in [9.17, 15) is 78.0 Å². The van der Waals surface area contributed by atoms with Crippen LogP contribution in [-0.2, 0) is 70.4 Å². The number of carboxylic acid groups (broad SMARTS) is 3. The molecule has 0 saturated heterocycles. The molecule has 466 valence electrons. The second kappa shape index (κ2) is 33.7. The number of phenols is 1. The van der Waals surface area contributed by atoms with Gasteiger partial charge in [-0.15, -0.1) is 0 Å². The van der Waals surface area contributed by atoms with Crippen LogP contribution in [0.3, 0.4) is 0 Å². The fourth-order valence-electron chi connectivity index (χ4n) is 8.58. The molecule has 0 unspecified atom stereocenters. The average molecular weight is 1190 g/mol. The van der Waals surface area contributed by atoms with Crippen molar-refractivity contribution in [2.24, 2.45) is 45.7 Å². The van der Waals surface area contributed by atoms with E-state index in [0.717, 1.165) is 0 Å². The molecule has 9 amide bonds. The van der Waals surface area contributed by atoms with Crippen molar-refractivity contribution in [2.75, 3.05) is 6.54 Å². The number of amides is 9. The summed E-state index contributed by atoms with van der Waals surface area (Å²) in [6.45, 7) is 10.1. The molecule has 3 rings (SSSR count). The number of guanidine groups is 1. The number of carbonyl (C=O) groups excluding carboxylic acids is 9. The molecule has 0 aliphatic carbocycles. The summed E-state index contributed by atoms with van der Waals surface area (Å²) in [5.41, 5.74) is 23.4. The Morgan fingerprint density at radius 1 is 0.541 bits per heavy atom. The van der Waals surface area contributed by atoms with Crippen molar-refractivity contribution in [1.82, 2.24) is 47.5 Å². The van der Waals surface area contributed by atoms with Crippen LogP contribution in [0.25, 0.3) is 10.9 Å². The van der Waals surface area contributed by atoms with Crippen LogP contribution in [0.4, 0.5) is 0 Å². The molecule has 0 saturated carbocycles. The number of fused-ring (bicyclic) bond motifs is 1. The van der Waals surface area contributed by atoms with Gasteiger partial charge in [-0.25, -0.2) is 4.79 Å². The number of primary amides is 1. The summed E-state index contributed by atoms with van der Waals surface area (Å²) in [5, 5.41) is 59.6. The van der Waals surface area contributed by atoms with Gasteiger partial charge in [0.25, 0.3) is 0 Å². The van der Waals surface area contributed by atoms with Crippen molar-refractivity contribution in [3.05, 3.63) is 65.9 Å². The Morgan fingerprint density at radius 3 is 1.54 bits per heavy atom. The van der Waals surface area contributed by atoms with Gasteiger partial charge in [-0.1, -0.05) is 71.9 Å². The van der Waals surface area contributed by atoms with E-state index in [-0.39, 0.29) is 67.8 Å². The number of benzene rings is 2. The van der Waals surface area contributed by atoms with Crippen molar-refractivity contribution in [3.63, 3.8) is 0 Å². The number of aliphatic carboxylic acids is 3. The molecular weight excluding hydrogens is 1110 g/mol. The number of para-hydroxylation sites is 1. The number of aromatic amines is 1. The van der Waals surface area contributed by atoms with Gasteiger partial charge in [-0.2, -0.15) is 0 Å². The largest absolute Gasteiger partial charge is 0.508 e. The van der Waals surface area contributed by atoms with E-state index in [1.807, 2.05) is 0 Å². The zero-order valence-corrected chi connectivity index (χ0v) is 48.1. The molecule has 0 bridgehead atoms. The Balaban J connectivity index is 2.03. The molecule has 30 heteroatoms. The highest BCUT2D eigenvalue weighted by molar-refractivity contribution is 6.00. The number of aliphatic imine (C=N–C) groups is 1. The summed E-state index contributed by atoms with van der Waals surface area (Å²) in [7, 11) is 0. The number of nitrogens with two attached hydrogens (primary N) is 4. The summed E-state index contributed by atoms with van der Waals surface area (Å²) in [4.78, 5) is 168. The second-order valence-electron chi connectivity index (χ2n) is 21.5. The second-order valence-corrected chi connectivity index (χ2v) is 21.5. The number of nitrogens with zero attached hydrogens (tertiary/aromatic N) is 1. The van der Waals surface area contributed by atoms with E-state index in [1.54, 1.807) is 72.0 Å². The van der Waals surface area contributed by atoms with Gasteiger partial charge >= 0.3 is 17.9 Å². The van der Waals surface area contributed by atoms with Gasteiger partial charge in [0.2, 0.25) is 53.2 Å². The molecule has 0 aliphatic heterocycles. The molecule has 2 aromatic carbocycles. The van der Waals surface area contributed by atoms with Crippen molar-refractivity contribution >= 4 is 87.9 Å². The molecule has 1 aromatic heterocycles. The van der Waals surface area contributed by atoms with E-state index in [0.29, 0.717) is 16.5 Å². The predicted molar refractivity (Wildman–Crippen MR) is 307 cm³/mol. The highest BCUT2D eigenvalue weighted by atomic mass is 16.4. The summed E-state index contributed by atoms with van der Waals surface area (Å²) in [5.74, 6) is -15.6. The Bertz CT molecular complexity index is 2890. The summed E-state index contributed by atoms with van der Waals surface area (Å²) < 4.78 is 0. The number of hydrogen-bond acceptors (Lipinski definition) is 15. The monoisotopic (exact) mass is 1190 g/mol. The minimum absolute atomic E-state index is 0.0251. The van der Waals surface area contributed by atoms with Gasteiger partial charge in [0.15, 0.2) is 5.96 Å². The van der Waals surface area contributed by atoms with Gasteiger partial charge in [-0.05, 0) is 72.8 Å².